The van der Waals surface area contributed by atoms with Gasteiger partial charge < -0.3 is 49.3 Å². The van der Waals surface area contributed by atoms with E-state index in [1.54, 1.807) is 0 Å². The van der Waals surface area contributed by atoms with E-state index < -0.39 is 88.7 Å². The van der Waals surface area contributed by atoms with Crippen LogP contribution in [0.15, 0.2) is 21.9 Å². The van der Waals surface area contributed by atoms with E-state index in [9.17, 15) is 54.0 Å². The number of hydrogen-bond acceptors (Lipinski definition) is 17. The number of aliphatic hydroxyl groups is 5. The highest BCUT2D eigenvalue weighted by Crippen LogP contribution is 2.57. The van der Waals surface area contributed by atoms with E-state index in [0.29, 0.717) is 4.57 Å². The predicted octanol–water partition coefficient (Wildman–Crippen LogP) is -5.12. The van der Waals surface area contributed by atoms with Gasteiger partial charge in [0.15, 0.2) is 12.5 Å². The molecule has 2 saturated heterocycles. The number of phosphoric ester groups is 2. The molecule has 2 fully saturated rings. The van der Waals surface area contributed by atoms with Crippen molar-refractivity contribution in [3.8, 4) is 0 Å². The average Bonchev–Trinajstić information content (AvgIpc) is 3.06. The van der Waals surface area contributed by atoms with Crippen molar-refractivity contribution in [2.24, 2.45) is 0 Å². The number of aliphatic hydroxyl groups excluding tert-OH is 5. The Balaban J connectivity index is 1.61. The lowest BCUT2D eigenvalue weighted by molar-refractivity contribution is -0.298. The molecule has 0 aliphatic carbocycles. The Morgan fingerprint density at radius 2 is 1.61 bits per heavy atom. The predicted molar refractivity (Wildman–Crippen MR) is 111 cm³/mol. The molecule has 0 amide bonds. The number of rotatable bonds is 9. The van der Waals surface area contributed by atoms with Crippen molar-refractivity contribution in [2.45, 2.75) is 55.2 Å². The molecule has 1 aromatic heterocycles. The minimum atomic E-state index is -5.85. The van der Waals surface area contributed by atoms with Crippen LogP contribution in [0.4, 0.5) is 0 Å². The fraction of sp³-hybridized carbons (Fsp3) is 0.733. The van der Waals surface area contributed by atoms with Gasteiger partial charge in [-0.15, -0.1) is 0 Å². The molecular weight excluding hydrogens is 558 g/mol. The molecule has 18 nitrogen and oxygen atoms in total. The Morgan fingerprint density at radius 3 is 2.22 bits per heavy atom. The first kappa shape index (κ1) is 29.6. The molecule has 1 aromatic rings. The first-order valence-electron chi connectivity index (χ1n) is 9.96. The number of thiol groups is 1. The lowest BCUT2D eigenvalue weighted by Crippen LogP contribution is -2.58. The molecule has 21 heteroatoms. The van der Waals surface area contributed by atoms with E-state index in [-0.39, 0.29) is 5.75 Å². The summed E-state index contributed by atoms with van der Waals surface area (Å²) in [6, 6.07) is 0.921. The molecule has 2 unspecified atom stereocenters. The zero-order chi connectivity index (χ0) is 27.0. The Bertz CT molecular complexity index is 1130. The summed E-state index contributed by atoms with van der Waals surface area (Å²) in [4.78, 5) is 49.0. The van der Waals surface area contributed by atoms with Crippen LogP contribution in [0.3, 0.4) is 0 Å². The third-order valence-electron chi connectivity index (χ3n) is 5.14. The molecule has 3 rings (SSSR count). The van der Waals surface area contributed by atoms with Crippen LogP contribution in [0.25, 0.3) is 0 Å². The second-order valence-corrected chi connectivity index (χ2v) is 10.9. The fourth-order valence-corrected chi connectivity index (χ4v) is 5.72. The van der Waals surface area contributed by atoms with Crippen molar-refractivity contribution in [2.75, 3.05) is 12.4 Å². The van der Waals surface area contributed by atoms with E-state index in [4.69, 9.17) is 9.47 Å². The summed E-state index contributed by atoms with van der Waals surface area (Å²) >= 11 is 3.83. The van der Waals surface area contributed by atoms with E-state index in [1.807, 2.05) is 4.98 Å². The zero-order valence-corrected chi connectivity index (χ0v) is 20.5. The van der Waals surface area contributed by atoms with Crippen molar-refractivity contribution in [1.29, 1.82) is 0 Å². The van der Waals surface area contributed by atoms with Crippen molar-refractivity contribution < 1.29 is 67.3 Å². The highest BCUT2D eigenvalue weighted by atomic mass is 32.1. The third-order valence-corrected chi connectivity index (χ3v) is 8.03. The number of aromatic nitrogens is 2. The fourth-order valence-electron chi connectivity index (χ4n) is 3.34. The molecule has 0 radical (unpaired) electrons. The molecular formula is C15H22N2O16P2S-2. The Kier molecular flexibility index (Phi) is 9.36. The summed E-state index contributed by atoms with van der Waals surface area (Å²) in [6.07, 6.45) is -15.0. The maximum atomic E-state index is 12.0. The summed E-state index contributed by atoms with van der Waals surface area (Å²) in [5.41, 5.74) is -1.76. The maximum absolute atomic E-state index is 12.0. The average molecular weight is 580 g/mol. The monoisotopic (exact) mass is 580 g/mol. The molecule has 11 atom stereocenters. The molecule has 6 N–H and O–H groups in total. The van der Waals surface area contributed by atoms with Gasteiger partial charge in [0.2, 0.25) is 0 Å². The summed E-state index contributed by atoms with van der Waals surface area (Å²) in [5, 5.41) is 49.6. The van der Waals surface area contributed by atoms with Gasteiger partial charge in [0, 0.05) is 18.0 Å². The first-order valence-corrected chi connectivity index (χ1v) is 13.5. The van der Waals surface area contributed by atoms with Gasteiger partial charge in [0.25, 0.3) is 21.2 Å². The van der Waals surface area contributed by atoms with E-state index in [0.717, 1.165) is 12.3 Å². The Morgan fingerprint density at radius 1 is 0.972 bits per heavy atom. The van der Waals surface area contributed by atoms with Crippen LogP contribution in [0, 0.1) is 0 Å². The molecule has 2 aliphatic rings. The maximum Gasteiger partial charge on any atom is 0.330 e. The molecule has 0 bridgehead atoms. The van der Waals surface area contributed by atoms with Gasteiger partial charge in [-0.2, -0.15) is 12.6 Å². The van der Waals surface area contributed by atoms with Crippen LogP contribution in [-0.2, 0) is 32.0 Å². The molecule has 0 saturated carbocycles. The molecule has 0 aromatic carbocycles. The lowest BCUT2D eigenvalue weighted by Gasteiger charge is -2.42. The highest BCUT2D eigenvalue weighted by Gasteiger charge is 2.46. The molecule has 0 spiro atoms. The van der Waals surface area contributed by atoms with E-state index >= 15 is 0 Å². The van der Waals surface area contributed by atoms with Crippen LogP contribution in [0.2, 0.25) is 0 Å². The Hall–Kier alpha value is -0.990. The minimum Gasteiger partial charge on any atom is -0.756 e. The van der Waals surface area contributed by atoms with Crippen LogP contribution in [-0.4, -0.2) is 96.5 Å². The second kappa shape index (κ2) is 11.4. The number of aromatic amines is 1. The van der Waals surface area contributed by atoms with Crippen molar-refractivity contribution in [3.05, 3.63) is 33.1 Å². The normalized spacial score (nSPS) is 38.4. The number of ether oxygens (including phenoxy) is 2. The summed E-state index contributed by atoms with van der Waals surface area (Å²) < 4.78 is 47.5. The minimum absolute atomic E-state index is 0.236. The standard InChI is InChI=1S/C15H24N2O16P2S/c18-7-1-2-17(15(24)16-7)13-11(22)8(19)5(30-13)3-29-34(25,26)33-35(27,28)32-14-12(23)10(21)9(20)6(4-36)31-14/h1-2,5-6,8-14,19-23,36H,3-4H2,(H,25,26)(H,27,28)(H,16,18,24)/p-2/t5-,6-,8-,9-,10+,11-,12-,13-,14-/m1/s1. The van der Waals surface area contributed by atoms with Gasteiger partial charge in [0.1, 0.15) is 36.6 Å². The van der Waals surface area contributed by atoms with Crippen molar-refractivity contribution in [3.63, 3.8) is 0 Å². The van der Waals surface area contributed by atoms with Gasteiger partial charge in [0.05, 0.1) is 12.7 Å². The molecule has 206 valence electrons. The van der Waals surface area contributed by atoms with E-state index in [1.165, 1.54) is 0 Å². The Labute approximate surface area is 206 Å². The topological polar surface area (TPSA) is 282 Å². The summed E-state index contributed by atoms with van der Waals surface area (Å²) in [5.74, 6) is -0.236. The van der Waals surface area contributed by atoms with Crippen LogP contribution < -0.4 is 21.0 Å². The van der Waals surface area contributed by atoms with Crippen LogP contribution >= 0.6 is 28.3 Å². The smallest absolute Gasteiger partial charge is 0.330 e. The largest absolute Gasteiger partial charge is 0.756 e. The highest BCUT2D eigenvalue weighted by molar-refractivity contribution is 7.80. The first-order chi connectivity index (χ1) is 16.7. The summed E-state index contributed by atoms with van der Waals surface area (Å²) in [6.45, 7) is -1.09. The number of nitrogens with zero attached hydrogens (tertiary/aromatic N) is 1. The summed E-state index contributed by atoms with van der Waals surface area (Å²) in [7, 11) is -11.6. The van der Waals surface area contributed by atoms with Gasteiger partial charge in [-0.05, 0) is 0 Å². The van der Waals surface area contributed by atoms with E-state index in [2.05, 4.69) is 26.0 Å². The molecule has 2 aliphatic heterocycles. The van der Waals surface area contributed by atoms with Gasteiger partial charge >= 0.3 is 5.69 Å². The molecule has 36 heavy (non-hydrogen) atoms. The molecule has 3 heterocycles. The van der Waals surface area contributed by atoms with Crippen molar-refractivity contribution in [1.82, 2.24) is 9.55 Å². The quantitative estimate of drug-likeness (QED) is 0.106. The number of H-pyrrole nitrogens is 1. The van der Waals surface area contributed by atoms with Crippen molar-refractivity contribution >= 4 is 28.3 Å². The van der Waals surface area contributed by atoms with Gasteiger partial charge in [-0.3, -0.25) is 28.0 Å². The number of phosphoric acid groups is 2. The van der Waals surface area contributed by atoms with Crippen LogP contribution in [0.1, 0.15) is 6.23 Å². The third kappa shape index (κ3) is 6.71. The zero-order valence-electron chi connectivity index (χ0n) is 17.8. The van der Waals surface area contributed by atoms with Gasteiger partial charge in [-0.25, -0.2) is 9.11 Å². The lowest BCUT2D eigenvalue weighted by atomic mass is 10.0. The number of hydrogen-bond donors (Lipinski definition) is 7. The second-order valence-electron chi connectivity index (χ2n) is 7.64. The van der Waals surface area contributed by atoms with Crippen LogP contribution in [0.5, 0.6) is 0 Å². The SMILES string of the molecule is O=c1ccn([C@@H]2O[C@H](COP(=O)([O-])OP(=O)([O-])O[C@H]3O[C@H](CS)[C@@H](O)[C@H](O)[C@H]3O)[C@@H](O)[C@H]2O)c(=O)[nH]1. The number of nitrogens with one attached hydrogen (secondary N) is 1. The van der Waals surface area contributed by atoms with Gasteiger partial charge in [-0.1, -0.05) is 0 Å².